The van der Waals surface area contributed by atoms with Crippen LogP contribution in [0.3, 0.4) is 0 Å². The summed E-state index contributed by atoms with van der Waals surface area (Å²) in [6, 6.07) is 4.01. The first-order chi connectivity index (χ1) is 13.3. The number of methoxy groups -OCH3 is 1. The maximum absolute atomic E-state index is 12.8. The van der Waals surface area contributed by atoms with Crippen molar-refractivity contribution in [3.05, 3.63) is 41.1 Å². The van der Waals surface area contributed by atoms with Crippen LogP contribution in [0.4, 0.5) is 0 Å². The van der Waals surface area contributed by atoms with E-state index in [1.807, 2.05) is 44.5 Å². The van der Waals surface area contributed by atoms with E-state index in [0.29, 0.717) is 17.5 Å². The van der Waals surface area contributed by atoms with Gasteiger partial charge in [0.2, 0.25) is 0 Å². The van der Waals surface area contributed by atoms with E-state index in [9.17, 15) is 4.79 Å². The molecule has 0 saturated carbocycles. The van der Waals surface area contributed by atoms with Crippen molar-refractivity contribution in [2.24, 2.45) is 7.05 Å². The van der Waals surface area contributed by atoms with Gasteiger partial charge >= 0.3 is 0 Å². The zero-order valence-corrected chi connectivity index (χ0v) is 18.0. The van der Waals surface area contributed by atoms with Crippen molar-refractivity contribution < 1.29 is 13.9 Å². The van der Waals surface area contributed by atoms with Gasteiger partial charge in [-0.2, -0.15) is 0 Å². The summed E-state index contributed by atoms with van der Waals surface area (Å²) in [5.41, 5.74) is 3.69. The maximum atomic E-state index is 12.8. The molecule has 0 bridgehead atoms. The molecule has 0 aromatic carbocycles. The summed E-state index contributed by atoms with van der Waals surface area (Å²) in [5, 5.41) is 9.19. The van der Waals surface area contributed by atoms with Gasteiger partial charge in [-0.25, -0.2) is 0 Å². The quantitative estimate of drug-likeness (QED) is 0.419. The summed E-state index contributed by atoms with van der Waals surface area (Å²) in [6.45, 7) is 8.59. The van der Waals surface area contributed by atoms with Crippen LogP contribution in [0.5, 0.6) is 0 Å². The monoisotopic (exact) mass is 402 g/mol. The summed E-state index contributed by atoms with van der Waals surface area (Å²) >= 11 is 1.39. The minimum atomic E-state index is 0.0815. The molecule has 0 amide bonds. The molecule has 0 N–H and O–H groups in total. The lowest BCUT2D eigenvalue weighted by Gasteiger charge is -2.17. The Hall–Kier alpha value is -2.32. The summed E-state index contributed by atoms with van der Waals surface area (Å²) in [5.74, 6) is 1.91. The minimum Gasteiger partial charge on any atom is -0.469 e. The van der Waals surface area contributed by atoms with E-state index in [0.717, 1.165) is 34.1 Å². The molecule has 150 valence electrons. The average Bonchev–Trinajstić information content (AvgIpc) is 3.31. The molecule has 3 aromatic heterocycles. The fourth-order valence-corrected chi connectivity index (χ4v) is 4.35. The van der Waals surface area contributed by atoms with Crippen molar-refractivity contribution in [3.8, 4) is 11.4 Å². The van der Waals surface area contributed by atoms with Crippen LogP contribution >= 0.6 is 11.8 Å². The standard InChI is InChI=1S/C20H26N4O3S/c1-12-9-17(14(3)24(12)13(2)10-26-6)18(25)11-28-20-22-21-19(23(20)5)16-7-8-27-15(16)4/h7-9,13H,10-11H2,1-6H3/t13-/m0/s1. The highest BCUT2D eigenvalue weighted by Crippen LogP contribution is 2.27. The van der Waals surface area contributed by atoms with E-state index in [-0.39, 0.29) is 11.8 Å². The highest BCUT2D eigenvalue weighted by Gasteiger charge is 2.20. The van der Waals surface area contributed by atoms with E-state index in [1.54, 1.807) is 13.4 Å². The van der Waals surface area contributed by atoms with E-state index in [1.165, 1.54) is 11.8 Å². The Bertz CT molecular complexity index is 986. The number of nitrogens with zero attached hydrogens (tertiary/aromatic N) is 4. The third-order valence-electron chi connectivity index (χ3n) is 4.90. The Labute approximate surface area is 169 Å². The smallest absolute Gasteiger partial charge is 0.191 e. The number of thioether (sulfide) groups is 1. The lowest BCUT2D eigenvalue weighted by molar-refractivity contribution is 0.102. The number of rotatable bonds is 8. The van der Waals surface area contributed by atoms with Crippen molar-refractivity contribution in [2.45, 2.75) is 38.9 Å². The SMILES string of the molecule is COC[C@H](C)n1c(C)cc(C(=O)CSc2nnc(-c3ccoc3C)n2C)c1C. The molecule has 28 heavy (non-hydrogen) atoms. The molecule has 0 spiro atoms. The van der Waals surface area contributed by atoms with Gasteiger partial charge in [0, 0.05) is 31.1 Å². The number of aromatic nitrogens is 4. The second-order valence-corrected chi connectivity index (χ2v) is 7.87. The molecule has 3 aromatic rings. The van der Waals surface area contributed by atoms with E-state index >= 15 is 0 Å². The van der Waals surface area contributed by atoms with Gasteiger partial charge in [0.25, 0.3) is 0 Å². The zero-order valence-electron chi connectivity index (χ0n) is 17.1. The van der Waals surface area contributed by atoms with Crippen molar-refractivity contribution >= 4 is 17.5 Å². The number of carbonyl (C=O) groups is 1. The third-order valence-corrected chi connectivity index (χ3v) is 5.92. The van der Waals surface area contributed by atoms with Crippen molar-refractivity contribution in [1.82, 2.24) is 19.3 Å². The van der Waals surface area contributed by atoms with Crippen LogP contribution in [-0.4, -0.2) is 44.6 Å². The molecule has 3 heterocycles. The number of carbonyl (C=O) groups excluding carboxylic acids is 1. The number of Topliss-reactive ketones (excluding diaryl/α,β-unsaturated/α-hetero) is 1. The first-order valence-electron chi connectivity index (χ1n) is 9.12. The molecule has 1 atom stereocenters. The molecule has 0 fully saturated rings. The minimum absolute atomic E-state index is 0.0815. The summed E-state index contributed by atoms with van der Waals surface area (Å²) in [4.78, 5) is 12.8. The molecule has 0 unspecified atom stereocenters. The Morgan fingerprint density at radius 2 is 2.07 bits per heavy atom. The lowest BCUT2D eigenvalue weighted by Crippen LogP contribution is -2.14. The van der Waals surface area contributed by atoms with Crippen molar-refractivity contribution in [2.75, 3.05) is 19.5 Å². The molecule has 0 radical (unpaired) electrons. The van der Waals surface area contributed by atoms with Gasteiger partial charge in [0.1, 0.15) is 5.76 Å². The van der Waals surface area contributed by atoms with Gasteiger partial charge in [-0.3, -0.25) is 4.79 Å². The van der Waals surface area contributed by atoms with Gasteiger partial charge < -0.3 is 18.3 Å². The van der Waals surface area contributed by atoms with Crippen LogP contribution in [0, 0.1) is 20.8 Å². The van der Waals surface area contributed by atoms with E-state index in [2.05, 4.69) is 21.7 Å². The van der Waals surface area contributed by atoms with Crippen LogP contribution in [0.25, 0.3) is 11.4 Å². The highest BCUT2D eigenvalue weighted by molar-refractivity contribution is 7.99. The van der Waals surface area contributed by atoms with Crippen LogP contribution < -0.4 is 0 Å². The van der Waals surface area contributed by atoms with Gasteiger partial charge in [-0.1, -0.05) is 11.8 Å². The summed E-state index contributed by atoms with van der Waals surface area (Å²) in [7, 11) is 3.58. The van der Waals surface area contributed by atoms with Gasteiger partial charge in [-0.05, 0) is 39.8 Å². The fourth-order valence-electron chi connectivity index (χ4n) is 3.55. The van der Waals surface area contributed by atoms with Crippen LogP contribution in [0.1, 0.15) is 40.5 Å². The Morgan fingerprint density at radius 1 is 1.32 bits per heavy atom. The number of ketones is 1. The molecular formula is C20H26N4O3S. The summed E-state index contributed by atoms with van der Waals surface area (Å²) in [6.07, 6.45) is 1.63. The predicted molar refractivity (Wildman–Crippen MR) is 109 cm³/mol. The molecule has 3 rings (SSSR count). The van der Waals surface area contributed by atoms with Gasteiger partial charge in [0.05, 0.1) is 30.2 Å². The first-order valence-corrected chi connectivity index (χ1v) is 10.1. The molecule has 7 nitrogen and oxygen atoms in total. The van der Waals surface area contributed by atoms with Crippen LogP contribution in [0.2, 0.25) is 0 Å². The highest BCUT2D eigenvalue weighted by atomic mass is 32.2. The Morgan fingerprint density at radius 3 is 2.71 bits per heavy atom. The van der Waals surface area contributed by atoms with Gasteiger partial charge in [0.15, 0.2) is 16.8 Å². The molecule has 8 heteroatoms. The predicted octanol–water partition coefficient (Wildman–Crippen LogP) is 3.98. The first kappa shape index (κ1) is 20.4. The zero-order chi connectivity index (χ0) is 20.4. The number of hydrogen-bond donors (Lipinski definition) is 0. The second-order valence-electron chi connectivity index (χ2n) is 6.93. The van der Waals surface area contributed by atoms with Crippen LogP contribution in [-0.2, 0) is 11.8 Å². The number of furan rings is 1. The van der Waals surface area contributed by atoms with Crippen molar-refractivity contribution in [1.29, 1.82) is 0 Å². The maximum Gasteiger partial charge on any atom is 0.191 e. The normalized spacial score (nSPS) is 12.5. The van der Waals surface area contributed by atoms with E-state index in [4.69, 9.17) is 9.15 Å². The average molecular weight is 403 g/mol. The molecule has 0 aliphatic heterocycles. The van der Waals surface area contributed by atoms with E-state index < -0.39 is 0 Å². The van der Waals surface area contributed by atoms with Crippen LogP contribution in [0.15, 0.2) is 28.0 Å². The third kappa shape index (κ3) is 3.79. The number of hydrogen-bond acceptors (Lipinski definition) is 6. The Balaban J connectivity index is 1.74. The molecule has 0 saturated heterocycles. The molecule has 0 aliphatic rings. The van der Waals surface area contributed by atoms with Crippen molar-refractivity contribution in [3.63, 3.8) is 0 Å². The lowest BCUT2D eigenvalue weighted by atomic mass is 10.2. The Kier molecular flexibility index (Phi) is 6.10. The molecule has 0 aliphatic carbocycles. The topological polar surface area (TPSA) is 75.1 Å². The molecular weight excluding hydrogens is 376 g/mol. The second kappa shape index (κ2) is 8.36. The number of aryl methyl sites for hydroxylation is 2. The van der Waals surface area contributed by atoms with Gasteiger partial charge in [-0.15, -0.1) is 10.2 Å². The fraction of sp³-hybridized carbons (Fsp3) is 0.450. The largest absolute Gasteiger partial charge is 0.469 e. The summed E-state index contributed by atoms with van der Waals surface area (Å²) < 4.78 is 14.7. The number of ether oxygens (including phenoxy) is 1.